The molecule has 1 atom stereocenters. The molecule has 102 valence electrons. The predicted molar refractivity (Wildman–Crippen MR) is 74.9 cm³/mol. The lowest BCUT2D eigenvalue weighted by molar-refractivity contribution is 0.562. The molecule has 19 heavy (non-hydrogen) atoms. The second kappa shape index (κ2) is 5.72. The third kappa shape index (κ3) is 2.80. The molecule has 2 rings (SSSR count). The molecule has 1 heterocycles. The van der Waals surface area contributed by atoms with E-state index in [-0.39, 0.29) is 11.9 Å². The molecule has 0 bridgehead atoms. The molecule has 0 amide bonds. The molecular weight excluding hydrogens is 265 g/mol. The number of rotatable bonds is 4. The minimum absolute atomic E-state index is 0.166. The average molecular weight is 282 g/mol. The number of hydrogen-bond acceptors (Lipinski definition) is 2. The van der Waals surface area contributed by atoms with E-state index in [2.05, 4.69) is 10.4 Å². The third-order valence-electron chi connectivity index (χ3n) is 3.17. The topological polar surface area (TPSA) is 29.9 Å². The van der Waals surface area contributed by atoms with Gasteiger partial charge in [-0.25, -0.2) is 4.39 Å². The fraction of sp³-hybridized carbons (Fsp3) is 0.357. The Kier molecular flexibility index (Phi) is 4.22. The van der Waals surface area contributed by atoms with Gasteiger partial charge in [0.25, 0.3) is 0 Å². The molecule has 5 heteroatoms. The van der Waals surface area contributed by atoms with E-state index in [0.717, 1.165) is 23.4 Å². The van der Waals surface area contributed by atoms with Crippen LogP contribution in [0, 0.1) is 12.7 Å². The van der Waals surface area contributed by atoms with Crippen LogP contribution >= 0.6 is 11.6 Å². The molecule has 1 unspecified atom stereocenters. The standard InChI is InChI=1S/C14H17ClFN3/c1-4-17-13(14-12(15)8-18-19(14)3)11-7-10(16)6-5-9(11)2/h5-8,13,17H,4H2,1-3H3. The normalized spacial score (nSPS) is 12.7. The first-order valence-electron chi connectivity index (χ1n) is 6.21. The van der Waals surface area contributed by atoms with Gasteiger partial charge in [0.2, 0.25) is 0 Å². The number of hydrogen-bond donors (Lipinski definition) is 1. The van der Waals surface area contributed by atoms with Gasteiger partial charge in [-0.2, -0.15) is 5.10 Å². The quantitative estimate of drug-likeness (QED) is 0.932. The summed E-state index contributed by atoms with van der Waals surface area (Å²) in [6, 6.07) is 4.62. The van der Waals surface area contributed by atoms with Crippen LogP contribution < -0.4 is 5.32 Å². The van der Waals surface area contributed by atoms with Crippen molar-refractivity contribution in [2.45, 2.75) is 19.9 Å². The number of nitrogens with zero attached hydrogens (tertiary/aromatic N) is 2. The summed E-state index contributed by atoms with van der Waals surface area (Å²) >= 11 is 6.20. The Morgan fingerprint density at radius 1 is 1.47 bits per heavy atom. The van der Waals surface area contributed by atoms with Crippen molar-refractivity contribution in [2.75, 3.05) is 6.54 Å². The van der Waals surface area contributed by atoms with E-state index in [4.69, 9.17) is 11.6 Å². The van der Waals surface area contributed by atoms with E-state index >= 15 is 0 Å². The summed E-state index contributed by atoms with van der Waals surface area (Å²) in [5.74, 6) is -0.248. The zero-order valence-electron chi connectivity index (χ0n) is 11.2. The maximum Gasteiger partial charge on any atom is 0.123 e. The van der Waals surface area contributed by atoms with Crippen molar-refractivity contribution < 1.29 is 4.39 Å². The fourth-order valence-corrected chi connectivity index (χ4v) is 2.50. The van der Waals surface area contributed by atoms with Gasteiger partial charge in [-0.05, 0) is 36.7 Å². The molecule has 1 N–H and O–H groups in total. The lowest BCUT2D eigenvalue weighted by Gasteiger charge is -2.21. The highest BCUT2D eigenvalue weighted by Crippen LogP contribution is 2.30. The summed E-state index contributed by atoms with van der Waals surface area (Å²) in [5.41, 5.74) is 2.74. The van der Waals surface area contributed by atoms with E-state index < -0.39 is 0 Å². The van der Waals surface area contributed by atoms with Gasteiger partial charge in [0, 0.05) is 7.05 Å². The van der Waals surface area contributed by atoms with Gasteiger partial charge in [0.05, 0.1) is 23.0 Å². The zero-order chi connectivity index (χ0) is 14.0. The molecule has 1 aromatic carbocycles. The predicted octanol–water partition coefficient (Wildman–Crippen LogP) is 3.22. The first kappa shape index (κ1) is 14.0. The average Bonchev–Trinajstić information content (AvgIpc) is 2.70. The van der Waals surface area contributed by atoms with Crippen LogP contribution in [0.25, 0.3) is 0 Å². The zero-order valence-corrected chi connectivity index (χ0v) is 12.0. The molecule has 0 spiro atoms. The van der Waals surface area contributed by atoms with Crippen LogP contribution in [0.3, 0.4) is 0 Å². The Balaban J connectivity index is 2.54. The number of halogens is 2. The highest BCUT2D eigenvalue weighted by atomic mass is 35.5. The summed E-state index contributed by atoms with van der Waals surface area (Å²) in [6.45, 7) is 4.72. The second-order valence-corrected chi connectivity index (χ2v) is 4.90. The Hall–Kier alpha value is -1.39. The monoisotopic (exact) mass is 281 g/mol. The first-order chi connectivity index (χ1) is 9.04. The third-order valence-corrected chi connectivity index (χ3v) is 3.46. The molecule has 0 saturated heterocycles. The summed E-state index contributed by atoms with van der Waals surface area (Å²) in [6.07, 6.45) is 1.61. The van der Waals surface area contributed by atoms with Crippen molar-refractivity contribution in [2.24, 2.45) is 7.05 Å². The Morgan fingerprint density at radius 3 is 2.79 bits per heavy atom. The SMILES string of the molecule is CCNC(c1cc(F)ccc1C)c1c(Cl)cnn1C. The van der Waals surface area contributed by atoms with E-state index in [0.29, 0.717) is 5.02 Å². The Morgan fingerprint density at radius 2 is 2.21 bits per heavy atom. The number of nitrogens with one attached hydrogen (secondary N) is 1. The van der Waals surface area contributed by atoms with Gasteiger partial charge in [-0.1, -0.05) is 24.6 Å². The van der Waals surface area contributed by atoms with Crippen molar-refractivity contribution >= 4 is 11.6 Å². The van der Waals surface area contributed by atoms with E-state index in [1.54, 1.807) is 23.0 Å². The Bertz CT molecular complexity index is 561. The van der Waals surface area contributed by atoms with Gasteiger partial charge in [0.15, 0.2) is 0 Å². The maximum absolute atomic E-state index is 13.5. The van der Waals surface area contributed by atoms with Crippen LogP contribution in [-0.2, 0) is 7.05 Å². The van der Waals surface area contributed by atoms with Crippen molar-refractivity contribution in [1.29, 1.82) is 0 Å². The molecular formula is C14H17ClFN3. The van der Waals surface area contributed by atoms with Gasteiger partial charge in [-0.15, -0.1) is 0 Å². The summed E-state index contributed by atoms with van der Waals surface area (Å²) in [4.78, 5) is 0. The van der Waals surface area contributed by atoms with Crippen LogP contribution in [0.5, 0.6) is 0 Å². The minimum atomic E-state index is -0.248. The molecule has 0 saturated carbocycles. The summed E-state index contributed by atoms with van der Waals surface area (Å²) in [5, 5.41) is 8.07. The van der Waals surface area contributed by atoms with Crippen molar-refractivity contribution in [1.82, 2.24) is 15.1 Å². The number of aryl methyl sites for hydroxylation is 2. The summed E-state index contributed by atoms with van der Waals surface area (Å²) in [7, 11) is 1.83. The molecule has 0 radical (unpaired) electrons. The van der Waals surface area contributed by atoms with Gasteiger partial charge >= 0.3 is 0 Å². The second-order valence-electron chi connectivity index (χ2n) is 4.49. The molecule has 0 aliphatic rings. The maximum atomic E-state index is 13.5. The van der Waals surface area contributed by atoms with Gasteiger partial charge < -0.3 is 5.32 Å². The molecule has 1 aromatic heterocycles. The van der Waals surface area contributed by atoms with E-state index in [1.165, 1.54) is 6.07 Å². The van der Waals surface area contributed by atoms with Crippen LogP contribution in [0.15, 0.2) is 24.4 Å². The fourth-order valence-electron chi connectivity index (χ4n) is 2.23. The minimum Gasteiger partial charge on any atom is -0.305 e. The van der Waals surface area contributed by atoms with Crippen LogP contribution in [-0.4, -0.2) is 16.3 Å². The summed E-state index contributed by atoms with van der Waals surface area (Å²) < 4.78 is 15.2. The van der Waals surface area contributed by atoms with E-state index in [1.807, 2.05) is 20.9 Å². The highest BCUT2D eigenvalue weighted by Gasteiger charge is 2.22. The first-order valence-corrected chi connectivity index (χ1v) is 6.59. The molecule has 3 nitrogen and oxygen atoms in total. The lowest BCUT2D eigenvalue weighted by atomic mass is 9.98. The molecule has 0 fully saturated rings. The highest BCUT2D eigenvalue weighted by molar-refractivity contribution is 6.31. The van der Waals surface area contributed by atoms with Crippen LogP contribution in [0.2, 0.25) is 5.02 Å². The molecule has 0 aliphatic heterocycles. The molecule has 0 aliphatic carbocycles. The largest absolute Gasteiger partial charge is 0.305 e. The van der Waals surface area contributed by atoms with Crippen LogP contribution in [0.1, 0.15) is 29.8 Å². The lowest BCUT2D eigenvalue weighted by Crippen LogP contribution is -2.25. The van der Waals surface area contributed by atoms with Gasteiger partial charge in [-0.3, -0.25) is 4.68 Å². The number of benzene rings is 1. The molecule has 2 aromatic rings. The van der Waals surface area contributed by atoms with Crippen molar-refractivity contribution in [3.05, 3.63) is 52.1 Å². The van der Waals surface area contributed by atoms with Crippen molar-refractivity contribution in [3.8, 4) is 0 Å². The van der Waals surface area contributed by atoms with E-state index in [9.17, 15) is 4.39 Å². The van der Waals surface area contributed by atoms with Crippen LogP contribution in [0.4, 0.5) is 4.39 Å². The van der Waals surface area contributed by atoms with Gasteiger partial charge in [0.1, 0.15) is 5.82 Å². The Labute approximate surface area is 117 Å². The number of aromatic nitrogens is 2. The van der Waals surface area contributed by atoms with Crippen molar-refractivity contribution in [3.63, 3.8) is 0 Å². The smallest absolute Gasteiger partial charge is 0.123 e.